The molecule has 106 valence electrons. The first-order chi connectivity index (χ1) is 9.56. The fourth-order valence-electron chi connectivity index (χ4n) is 1.50. The third-order valence-corrected chi connectivity index (χ3v) is 2.36. The maximum absolute atomic E-state index is 11.2. The minimum atomic E-state index is -1.04. The van der Waals surface area contributed by atoms with Crippen LogP contribution in [0.1, 0.15) is 18.1 Å². The van der Waals surface area contributed by atoms with Crippen LogP contribution < -0.4 is 4.74 Å². The number of carboxylic acid groups (broad SMARTS) is 1. The molecule has 0 aliphatic carbocycles. The average Bonchev–Trinajstić information content (AvgIpc) is 2.43. The highest BCUT2D eigenvalue weighted by molar-refractivity contribution is 5.88. The van der Waals surface area contributed by atoms with Gasteiger partial charge >= 0.3 is 11.9 Å². The van der Waals surface area contributed by atoms with Gasteiger partial charge in [0.15, 0.2) is 0 Å². The number of carbonyl (C=O) groups is 2. The van der Waals surface area contributed by atoms with Crippen LogP contribution in [-0.2, 0) is 14.3 Å². The van der Waals surface area contributed by atoms with Crippen LogP contribution in [0.25, 0.3) is 12.2 Å². The molecule has 1 N–H and O–H groups in total. The van der Waals surface area contributed by atoms with E-state index < -0.39 is 11.9 Å². The molecule has 5 nitrogen and oxygen atoms in total. The zero-order valence-electron chi connectivity index (χ0n) is 11.3. The molecule has 1 rings (SSSR count). The largest absolute Gasteiger partial charge is 0.496 e. The van der Waals surface area contributed by atoms with Crippen LogP contribution in [0, 0.1) is 0 Å². The second-order valence-corrected chi connectivity index (χ2v) is 3.76. The zero-order chi connectivity index (χ0) is 15.0. The first kappa shape index (κ1) is 15.5. The van der Waals surface area contributed by atoms with Gasteiger partial charge in [0.1, 0.15) is 5.75 Å². The summed E-state index contributed by atoms with van der Waals surface area (Å²) in [6.07, 6.45) is 5.37. The molecule has 5 heteroatoms. The number of hydrogen-bond donors (Lipinski definition) is 1. The van der Waals surface area contributed by atoms with E-state index in [-0.39, 0.29) is 0 Å². The molecule has 1 aromatic rings. The predicted molar refractivity (Wildman–Crippen MR) is 75.3 cm³/mol. The molecule has 20 heavy (non-hydrogen) atoms. The van der Waals surface area contributed by atoms with Gasteiger partial charge in [0, 0.05) is 17.7 Å². The van der Waals surface area contributed by atoms with Gasteiger partial charge in [0.05, 0.1) is 13.7 Å². The van der Waals surface area contributed by atoms with Crippen molar-refractivity contribution < 1.29 is 24.2 Å². The molecule has 0 saturated carbocycles. The van der Waals surface area contributed by atoms with Gasteiger partial charge in [0.25, 0.3) is 0 Å². The predicted octanol–water partition coefficient (Wildman–Crippen LogP) is 2.37. The Balaban J connectivity index is 2.97. The fourth-order valence-corrected chi connectivity index (χ4v) is 1.50. The molecule has 0 spiro atoms. The van der Waals surface area contributed by atoms with Gasteiger partial charge in [-0.25, -0.2) is 9.59 Å². The van der Waals surface area contributed by atoms with Crippen LogP contribution in [0.4, 0.5) is 0 Å². The van der Waals surface area contributed by atoms with Gasteiger partial charge in [-0.3, -0.25) is 0 Å². The summed E-state index contributed by atoms with van der Waals surface area (Å²) in [5, 5.41) is 8.64. The molecule has 0 bridgehead atoms. The molecule has 0 aromatic heterocycles. The Morgan fingerprint density at radius 3 is 2.60 bits per heavy atom. The summed E-state index contributed by atoms with van der Waals surface area (Å²) < 4.78 is 9.91. The van der Waals surface area contributed by atoms with Crippen LogP contribution in [0.15, 0.2) is 30.4 Å². The second kappa shape index (κ2) is 7.78. The van der Waals surface area contributed by atoms with E-state index in [1.807, 2.05) is 0 Å². The lowest BCUT2D eigenvalue weighted by Crippen LogP contribution is -1.98. The molecule has 0 fully saturated rings. The Kier molecular flexibility index (Phi) is 6.03. The van der Waals surface area contributed by atoms with Crippen LogP contribution in [-0.4, -0.2) is 30.8 Å². The van der Waals surface area contributed by atoms with Crippen molar-refractivity contribution in [3.8, 4) is 5.75 Å². The number of rotatable bonds is 6. The van der Waals surface area contributed by atoms with E-state index in [1.165, 1.54) is 19.3 Å². The maximum atomic E-state index is 11.2. The fraction of sp³-hybridized carbons (Fsp3) is 0.200. The maximum Gasteiger partial charge on any atom is 0.330 e. The van der Waals surface area contributed by atoms with Crippen LogP contribution in [0.5, 0.6) is 5.75 Å². The Bertz CT molecular complexity index is 543. The van der Waals surface area contributed by atoms with E-state index in [1.54, 1.807) is 31.2 Å². The van der Waals surface area contributed by atoms with Gasteiger partial charge in [-0.2, -0.15) is 0 Å². The molecular weight excluding hydrogens is 260 g/mol. The smallest absolute Gasteiger partial charge is 0.330 e. The molecule has 0 aliphatic rings. The highest BCUT2D eigenvalue weighted by Gasteiger charge is 2.02. The summed E-state index contributed by atoms with van der Waals surface area (Å²) >= 11 is 0. The number of aliphatic carboxylic acids is 1. The highest BCUT2D eigenvalue weighted by atomic mass is 16.5. The number of carboxylic acids is 1. The van der Waals surface area contributed by atoms with Crippen molar-refractivity contribution in [2.75, 3.05) is 13.7 Å². The van der Waals surface area contributed by atoms with E-state index >= 15 is 0 Å². The van der Waals surface area contributed by atoms with E-state index in [2.05, 4.69) is 0 Å². The van der Waals surface area contributed by atoms with Crippen LogP contribution >= 0.6 is 0 Å². The van der Waals surface area contributed by atoms with Crippen molar-refractivity contribution in [1.29, 1.82) is 0 Å². The summed E-state index contributed by atoms with van der Waals surface area (Å²) in [6.45, 7) is 2.05. The number of benzene rings is 1. The molecule has 0 radical (unpaired) electrons. The lowest BCUT2D eigenvalue weighted by Gasteiger charge is -2.05. The number of esters is 1. The van der Waals surface area contributed by atoms with Gasteiger partial charge in [-0.05, 0) is 36.8 Å². The van der Waals surface area contributed by atoms with Crippen molar-refractivity contribution in [3.63, 3.8) is 0 Å². The standard InChI is InChI=1S/C15H16O5/c1-3-20-15(18)9-5-11-4-7-13(19-2)12(10-11)6-8-14(16)17/h4-10H,3H2,1-2H3,(H,16,17)/b8-6+,9-5?. The van der Waals surface area contributed by atoms with Crippen molar-refractivity contribution in [2.45, 2.75) is 6.92 Å². The second-order valence-electron chi connectivity index (χ2n) is 3.76. The third-order valence-electron chi connectivity index (χ3n) is 2.36. The van der Waals surface area contributed by atoms with Crippen molar-refractivity contribution in [1.82, 2.24) is 0 Å². The van der Waals surface area contributed by atoms with Gasteiger partial charge in [-0.1, -0.05) is 6.07 Å². The number of ether oxygens (including phenoxy) is 2. The zero-order valence-corrected chi connectivity index (χ0v) is 11.3. The van der Waals surface area contributed by atoms with Gasteiger partial charge in [0.2, 0.25) is 0 Å². The average molecular weight is 276 g/mol. The summed E-state index contributed by atoms with van der Waals surface area (Å²) in [6, 6.07) is 5.17. The Labute approximate surface area is 117 Å². The molecule has 0 atom stereocenters. The minimum Gasteiger partial charge on any atom is -0.496 e. The normalized spacial score (nSPS) is 10.9. The Morgan fingerprint density at radius 1 is 1.25 bits per heavy atom. The molecule has 0 unspecified atom stereocenters. The molecule has 0 amide bonds. The van der Waals surface area contributed by atoms with E-state index in [0.717, 1.165) is 11.6 Å². The summed E-state index contributed by atoms with van der Waals surface area (Å²) in [5.41, 5.74) is 1.35. The van der Waals surface area contributed by atoms with Gasteiger partial charge in [-0.15, -0.1) is 0 Å². The Morgan fingerprint density at radius 2 is 2.00 bits per heavy atom. The van der Waals surface area contributed by atoms with E-state index in [9.17, 15) is 9.59 Å². The Hall–Kier alpha value is -2.56. The molecular formula is C15H16O5. The van der Waals surface area contributed by atoms with Crippen LogP contribution in [0.2, 0.25) is 0 Å². The van der Waals surface area contributed by atoms with Crippen molar-refractivity contribution >= 4 is 24.1 Å². The monoisotopic (exact) mass is 276 g/mol. The van der Waals surface area contributed by atoms with Crippen molar-refractivity contribution in [3.05, 3.63) is 41.5 Å². The highest BCUT2D eigenvalue weighted by Crippen LogP contribution is 2.22. The molecule has 0 heterocycles. The van der Waals surface area contributed by atoms with Gasteiger partial charge < -0.3 is 14.6 Å². The summed E-state index contributed by atoms with van der Waals surface area (Å²) in [5.74, 6) is -0.916. The lowest BCUT2D eigenvalue weighted by atomic mass is 10.1. The number of methoxy groups -OCH3 is 1. The topological polar surface area (TPSA) is 72.8 Å². The van der Waals surface area contributed by atoms with Crippen LogP contribution in [0.3, 0.4) is 0 Å². The summed E-state index contributed by atoms with van der Waals surface area (Å²) in [4.78, 5) is 21.8. The molecule has 0 aliphatic heterocycles. The first-order valence-electron chi connectivity index (χ1n) is 6.00. The number of hydrogen-bond acceptors (Lipinski definition) is 4. The van der Waals surface area contributed by atoms with E-state index in [0.29, 0.717) is 17.9 Å². The van der Waals surface area contributed by atoms with E-state index in [4.69, 9.17) is 14.6 Å². The quantitative estimate of drug-likeness (QED) is 0.638. The SMILES string of the molecule is CCOC(=O)C=Cc1ccc(OC)c(/C=C/C(=O)O)c1. The molecule has 0 saturated heterocycles. The first-order valence-corrected chi connectivity index (χ1v) is 6.00. The third kappa shape index (κ3) is 4.97. The lowest BCUT2D eigenvalue weighted by molar-refractivity contribution is -0.137. The minimum absolute atomic E-state index is 0.318. The van der Waals surface area contributed by atoms with Crippen molar-refractivity contribution in [2.24, 2.45) is 0 Å². The number of carbonyl (C=O) groups excluding carboxylic acids is 1. The molecule has 1 aromatic carbocycles. The summed E-state index contributed by atoms with van der Waals surface area (Å²) in [7, 11) is 1.50.